The normalized spacial score (nSPS) is 17.2. The Labute approximate surface area is 98.3 Å². The molecule has 1 aliphatic rings. The summed E-state index contributed by atoms with van der Waals surface area (Å²) in [5, 5.41) is 3.29. The third-order valence-electron chi connectivity index (χ3n) is 2.06. The summed E-state index contributed by atoms with van der Waals surface area (Å²) in [6.07, 6.45) is 0. The minimum absolute atomic E-state index is 0.318. The molecule has 1 aliphatic heterocycles. The van der Waals surface area contributed by atoms with Gasteiger partial charge in [0.2, 0.25) is 0 Å². The Hall–Kier alpha value is -0.650. The highest BCUT2D eigenvalue weighted by molar-refractivity contribution is 5.37. The molecule has 5 nitrogen and oxygen atoms in total. The highest BCUT2D eigenvalue weighted by Gasteiger charge is 2.07. The number of carbonyl (C=O) groups is 1. The number of rotatable bonds is 3. The Kier molecular flexibility index (Phi) is 8.15. The Balaban J connectivity index is 0.000000293. The zero-order valence-electron chi connectivity index (χ0n) is 10.7. The van der Waals surface area contributed by atoms with Crippen LogP contribution in [0, 0.1) is 0 Å². The molecule has 5 heteroatoms. The summed E-state index contributed by atoms with van der Waals surface area (Å²) in [4.78, 5) is 12.0. The van der Waals surface area contributed by atoms with Crippen molar-refractivity contribution in [2.75, 3.05) is 39.3 Å². The molecule has 1 heterocycles. The summed E-state index contributed by atoms with van der Waals surface area (Å²) < 4.78 is 4.55. The largest absolute Gasteiger partial charge is 0.462 e. The van der Waals surface area contributed by atoms with E-state index < -0.39 is 0 Å². The molecule has 0 atom stereocenters. The maximum atomic E-state index is 9.60. The van der Waals surface area contributed by atoms with Gasteiger partial charge >= 0.3 is 0 Å². The van der Waals surface area contributed by atoms with Crippen LogP contribution < -0.4 is 11.1 Å². The molecule has 0 unspecified atom stereocenters. The third kappa shape index (κ3) is 9.89. The van der Waals surface area contributed by atoms with Crippen LogP contribution >= 0.6 is 0 Å². The van der Waals surface area contributed by atoms with E-state index in [-0.39, 0.29) is 5.60 Å². The van der Waals surface area contributed by atoms with Gasteiger partial charge in [0.1, 0.15) is 5.60 Å². The second kappa shape index (κ2) is 8.50. The van der Waals surface area contributed by atoms with Crippen LogP contribution in [0.2, 0.25) is 0 Å². The fourth-order valence-electron chi connectivity index (χ4n) is 1.26. The van der Waals surface area contributed by atoms with Gasteiger partial charge in [-0.1, -0.05) is 0 Å². The van der Waals surface area contributed by atoms with Crippen molar-refractivity contribution < 1.29 is 9.53 Å². The second-order valence-corrected chi connectivity index (χ2v) is 4.71. The number of piperazine rings is 1. The summed E-state index contributed by atoms with van der Waals surface area (Å²) in [7, 11) is 0. The monoisotopic (exact) mass is 231 g/mol. The molecule has 0 aromatic rings. The van der Waals surface area contributed by atoms with Crippen molar-refractivity contribution in [3.63, 3.8) is 0 Å². The van der Waals surface area contributed by atoms with E-state index in [0.29, 0.717) is 6.47 Å². The summed E-state index contributed by atoms with van der Waals surface area (Å²) >= 11 is 0. The van der Waals surface area contributed by atoms with E-state index in [1.807, 2.05) is 20.8 Å². The highest BCUT2D eigenvalue weighted by atomic mass is 16.5. The predicted molar refractivity (Wildman–Crippen MR) is 65.3 cm³/mol. The van der Waals surface area contributed by atoms with Gasteiger partial charge in [0.05, 0.1) is 0 Å². The van der Waals surface area contributed by atoms with Gasteiger partial charge in [0, 0.05) is 39.3 Å². The van der Waals surface area contributed by atoms with Crippen molar-refractivity contribution >= 4 is 6.47 Å². The van der Waals surface area contributed by atoms with Gasteiger partial charge in [-0.15, -0.1) is 0 Å². The minimum Gasteiger partial charge on any atom is -0.462 e. The Bertz CT molecular complexity index is 172. The van der Waals surface area contributed by atoms with E-state index in [9.17, 15) is 4.79 Å². The molecule has 3 N–H and O–H groups in total. The molecule has 1 saturated heterocycles. The van der Waals surface area contributed by atoms with Crippen LogP contribution in [0.3, 0.4) is 0 Å². The summed E-state index contributed by atoms with van der Waals surface area (Å²) in [5.41, 5.74) is 5.08. The molecular formula is C11H25N3O2. The lowest BCUT2D eigenvalue weighted by atomic mass is 10.2. The fourth-order valence-corrected chi connectivity index (χ4v) is 1.26. The molecule has 96 valence electrons. The maximum absolute atomic E-state index is 9.60. The van der Waals surface area contributed by atoms with Gasteiger partial charge < -0.3 is 15.8 Å². The van der Waals surface area contributed by atoms with Crippen molar-refractivity contribution in [1.82, 2.24) is 10.2 Å². The second-order valence-electron chi connectivity index (χ2n) is 4.71. The van der Waals surface area contributed by atoms with Crippen LogP contribution in [0.4, 0.5) is 0 Å². The standard InChI is InChI=1S/C6H15N3.C5H10O2/c7-1-4-9-5-2-8-3-6-9;1-5(2,3)7-4-6/h8H,1-7H2;4H,1-3H3. The van der Waals surface area contributed by atoms with E-state index >= 15 is 0 Å². The van der Waals surface area contributed by atoms with Crippen molar-refractivity contribution in [3.8, 4) is 0 Å². The Morgan fingerprint density at radius 3 is 2.25 bits per heavy atom. The van der Waals surface area contributed by atoms with Crippen LogP contribution in [0.5, 0.6) is 0 Å². The number of hydrogen-bond donors (Lipinski definition) is 2. The predicted octanol–water partition coefficient (Wildman–Crippen LogP) is -0.192. The zero-order valence-corrected chi connectivity index (χ0v) is 10.7. The van der Waals surface area contributed by atoms with Crippen LogP contribution in [-0.2, 0) is 9.53 Å². The van der Waals surface area contributed by atoms with Crippen LogP contribution in [0.1, 0.15) is 20.8 Å². The first kappa shape index (κ1) is 15.3. The van der Waals surface area contributed by atoms with Crippen LogP contribution in [0.15, 0.2) is 0 Å². The van der Waals surface area contributed by atoms with E-state index in [4.69, 9.17) is 5.73 Å². The van der Waals surface area contributed by atoms with E-state index in [2.05, 4.69) is 15.0 Å². The summed E-state index contributed by atoms with van der Waals surface area (Å²) in [6.45, 7) is 12.3. The molecule has 1 rings (SSSR count). The Morgan fingerprint density at radius 2 is 1.94 bits per heavy atom. The topological polar surface area (TPSA) is 67.6 Å². The molecule has 0 amide bonds. The maximum Gasteiger partial charge on any atom is 0.293 e. The molecule has 0 aromatic heterocycles. The lowest BCUT2D eigenvalue weighted by molar-refractivity contribution is -0.138. The number of hydrogen-bond acceptors (Lipinski definition) is 5. The third-order valence-corrected chi connectivity index (χ3v) is 2.06. The van der Waals surface area contributed by atoms with Crippen molar-refractivity contribution in [1.29, 1.82) is 0 Å². The molecule has 16 heavy (non-hydrogen) atoms. The average Bonchev–Trinajstić information content (AvgIpc) is 2.19. The average molecular weight is 231 g/mol. The van der Waals surface area contributed by atoms with Crippen LogP contribution in [-0.4, -0.2) is 56.2 Å². The molecule has 0 spiro atoms. The van der Waals surface area contributed by atoms with Gasteiger partial charge in [0.15, 0.2) is 0 Å². The molecule has 0 saturated carbocycles. The van der Waals surface area contributed by atoms with Gasteiger partial charge in [-0.25, -0.2) is 0 Å². The fraction of sp³-hybridized carbons (Fsp3) is 0.909. The number of nitrogens with one attached hydrogen (secondary N) is 1. The van der Waals surface area contributed by atoms with Gasteiger partial charge in [-0.2, -0.15) is 0 Å². The first-order valence-corrected chi connectivity index (χ1v) is 5.74. The van der Waals surface area contributed by atoms with E-state index in [1.165, 1.54) is 0 Å². The SMILES string of the molecule is CC(C)(C)OC=O.NCCN1CCNCC1. The molecule has 0 aliphatic carbocycles. The Morgan fingerprint density at radius 1 is 1.38 bits per heavy atom. The van der Waals surface area contributed by atoms with Gasteiger partial charge in [-0.05, 0) is 20.8 Å². The van der Waals surface area contributed by atoms with Gasteiger partial charge in [-0.3, -0.25) is 9.69 Å². The van der Waals surface area contributed by atoms with Crippen molar-refractivity contribution in [2.24, 2.45) is 5.73 Å². The molecule has 0 aromatic carbocycles. The lowest BCUT2D eigenvalue weighted by Gasteiger charge is -2.26. The first-order chi connectivity index (χ1) is 7.49. The summed E-state index contributed by atoms with van der Waals surface area (Å²) in [5.74, 6) is 0. The van der Waals surface area contributed by atoms with Crippen LogP contribution in [0.25, 0.3) is 0 Å². The molecule has 0 bridgehead atoms. The van der Waals surface area contributed by atoms with Gasteiger partial charge in [0.25, 0.3) is 6.47 Å². The number of nitrogens with zero attached hydrogens (tertiary/aromatic N) is 1. The molecular weight excluding hydrogens is 206 g/mol. The first-order valence-electron chi connectivity index (χ1n) is 5.74. The number of carbonyl (C=O) groups excluding carboxylic acids is 1. The van der Waals surface area contributed by atoms with E-state index in [1.54, 1.807) is 0 Å². The molecule has 0 radical (unpaired) electrons. The zero-order chi connectivity index (χ0) is 12.4. The van der Waals surface area contributed by atoms with Crippen molar-refractivity contribution in [3.05, 3.63) is 0 Å². The van der Waals surface area contributed by atoms with Crippen molar-refractivity contribution in [2.45, 2.75) is 26.4 Å². The highest BCUT2D eigenvalue weighted by Crippen LogP contribution is 2.02. The quantitative estimate of drug-likeness (QED) is 0.659. The molecule has 1 fully saturated rings. The summed E-state index contributed by atoms with van der Waals surface area (Å²) in [6, 6.07) is 0. The smallest absolute Gasteiger partial charge is 0.293 e. The number of ether oxygens (including phenoxy) is 1. The number of nitrogens with two attached hydrogens (primary N) is 1. The minimum atomic E-state index is -0.318. The van der Waals surface area contributed by atoms with E-state index in [0.717, 1.165) is 39.3 Å². The lowest BCUT2D eigenvalue weighted by Crippen LogP contribution is -2.45.